The summed E-state index contributed by atoms with van der Waals surface area (Å²) in [6, 6.07) is 6.35. The van der Waals surface area contributed by atoms with Crippen LogP contribution in [0.5, 0.6) is 0 Å². The van der Waals surface area contributed by atoms with Gasteiger partial charge in [-0.05, 0) is 24.1 Å². The van der Waals surface area contributed by atoms with Crippen molar-refractivity contribution in [2.45, 2.75) is 12.6 Å². The van der Waals surface area contributed by atoms with Crippen LogP contribution < -0.4 is 5.32 Å². The number of benzene rings is 1. The van der Waals surface area contributed by atoms with Gasteiger partial charge in [0.15, 0.2) is 0 Å². The second-order valence-electron chi connectivity index (χ2n) is 4.09. The van der Waals surface area contributed by atoms with Gasteiger partial charge in [0.25, 0.3) is 0 Å². The Morgan fingerprint density at radius 1 is 1.33 bits per heavy atom. The van der Waals surface area contributed by atoms with E-state index in [1.807, 2.05) is 0 Å². The lowest BCUT2D eigenvalue weighted by atomic mass is 10.1. The molecule has 9 heteroatoms. The molecule has 2 aromatic rings. The molecule has 0 aliphatic heterocycles. The summed E-state index contributed by atoms with van der Waals surface area (Å²) < 4.78 is 37.0. The lowest BCUT2D eigenvalue weighted by molar-refractivity contribution is -0.138. The van der Waals surface area contributed by atoms with Crippen molar-refractivity contribution in [1.29, 1.82) is 0 Å². The standard InChI is InChI=1S/C12H10F3N3O2S/c13-12(14,15)10-17-18-11(21-10)16-5-4-7-2-1-3-8(6-7)9(19)20/h1-3,6H,4-5H2,(H,16,18)(H,19,20). The molecule has 1 aromatic carbocycles. The van der Waals surface area contributed by atoms with Crippen molar-refractivity contribution in [3.63, 3.8) is 0 Å². The summed E-state index contributed by atoms with van der Waals surface area (Å²) in [6.45, 7) is 0.329. The highest BCUT2D eigenvalue weighted by molar-refractivity contribution is 7.15. The number of halogens is 3. The number of carboxylic acid groups (broad SMARTS) is 1. The van der Waals surface area contributed by atoms with E-state index < -0.39 is 17.2 Å². The summed E-state index contributed by atoms with van der Waals surface area (Å²) in [6.07, 6.45) is -4.03. The molecule has 0 radical (unpaired) electrons. The van der Waals surface area contributed by atoms with Gasteiger partial charge in [-0.25, -0.2) is 4.79 Å². The van der Waals surface area contributed by atoms with E-state index in [1.54, 1.807) is 12.1 Å². The van der Waals surface area contributed by atoms with Crippen LogP contribution in [0.1, 0.15) is 20.9 Å². The smallest absolute Gasteiger partial charge is 0.445 e. The van der Waals surface area contributed by atoms with Gasteiger partial charge < -0.3 is 10.4 Å². The SMILES string of the molecule is O=C(O)c1cccc(CCNc2nnc(C(F)(F)F)s2)c1. The molecule has 0 aliphatic rings. The van der Waals surface area contributed by atoms with Gasteiger partial charge in [0, 0.05) is 6.54 Å². The first-order chi connectivity index (χ1) is 9.86. The van der Waals surface area contributed by atoms with Crippen molar-refractivity contribution in [2.24, 2.45) is 0 Å². The molecule has 1 heterocycles. The van der Waals surface area contributed by atoms with Crippen LogP contribution in [0.3, 0.4) is 0 Å². The van der Waals surface area contributed by atoms with Gasteiger partial charge in [0.05, 0.1) is 5.56 Å². The first-order valence-corrected chi connectivity index (χ1v) is 6.65. The minimum atomic E-state index is -4.49. The maximum Gasteiger partial charge on any atom is 0.445 e. The minimum absolute atomic E-state index is 0.0803. The van der Waals surface area contributed by atoms with Crippen molar-refractivity contribution in [2.75, 3.05) is 11.9 Å². The second-order valence-corrected chi connectivity index (χ2v) is 5.07. The van der Waals surface area contributed by atoms with Gasteiger partial charge in [-0.15, -0.1) is 10.2 Å². The van der Waals surface area contributed by atoms with Crippen LogP contribution in [0.2, 0.25) is 0 Å². The van der Waals surface area contributed by atoms with Crippen molar-refractivity contribution in [3.8, 4) is 0 Å². The van der Waals surface area contributed by atoms with Gasteiger partial charge in [-0.2, -0.15) is 13.2 Å². The number of hydrogen-bond acceptors (Lipinski definition) is 5. The fraction of sp³-hybridized carbons (Fsp3) is 0.250. The Labute approximate surface area is 121 Å². The number of aromatic nitrogens is 2. The summed E-state index contributed by atoms with van der Waals surface area (Å²) >= 11 is 0.431. The Balaban J connectivity index is 1.91. The molecule has 0 saturated heterocycles. The Kier molecular flexibility index (Phi) is 4.41. The number of hydrogen-bond donors (Lipinski definition) is 2. The maximum atomic E-state index is 12.3. The molecular formula is C12H10F3N3O2S. The first kappa shape index (κ1) is 15.2. The number of nitrogens with one attached hydrogen (secondary N) is 1. The van der Waals surface area contributed by atoms with Crippen molar-refractivity contribution >= 4 is 22.4 Å². The zero-order chi connectivity index (χ0) is 15.5. The van der Waals surface area contributed by atoms with Crippen LogP contribution in [0, 0.1) is 0 Å². The maximum absolute atomic E-state index is 12.3. The van der Waals surface area contributed by atoms with Crippen molar-refractivity contribution < 1.29 is 23.1 Å². The highest BCUT2D eigenvalue weighted by Gasteiger charge is 2.35. The Morgan fingerprint density at radius 2 is 2.10 bits per heavy atom. The predicted octanol–water partition coefficient (Wildman–Crippen LogP) is 2.91. The van der Waals surface area contributed by atoms with Gasteiger partial charge in [-0.3, -0.25) is 0 Å². The Bertz CT molecular complexity index is 643. The van der Waals surface area contributed by atoms with E-state index in [0.29, 0.717) is 24.3 Å². The van der Waals surface area contributed by atoms with Crippen LogP contribution >= 0.6 is 11.3 Å². The molecule has 0 spiro atoms. The molecule has 2 rings (SSSR count). The van der Waals surface area contributed by atoms with Gasteiger partial charge in [0.1, 0.15) is 0 Å². The molecule has 21 heavy (non-hydrogen) atoms. The third kappa shape index (κ3) is 4.15. The molecule has 1 aromatic heterocycles. The molecule has 112 valence electrons. The number of nitrogens with zero attached hydrogens (tertiary/aromatic N) is 2. The summed E-state index contributed by atoms with van der Waals surface area (Å²) in [5.74, 6) is -1.02. The quantitative estimate of drug-likeness (QED) is 0.887. The third-order valence-electron chi connectivity index (χ3n) is 2.53. The van der Waals surface area contributed by atoms with Gasteiger partial charge in [0.2, 0.25) is 10.1 Å². The number of aromatic carboxylic acids is 1. The van der Waals surface area contributed by atoms with E-state index in [1.165, 1.54) is 12.1 Å². The predicted molar refractivity (Wildman–Crippen MR) is 70.5 cm³/mol. The van der Waals surface area contributed by atoms with Crippen LogP contribution in [0.4, 0.5) is 18.3 Å². The molecule has 0 fully saturated rings. The first-order valence-electron chi connectivity index (χ1n) is 5.83. The molecule has 0 aliphatic carbocycles. The molecule has 0 saturated carbocycles. The summed E-state index contributed by atoms with van der Waals surface area (Å²) in [4.78, 5) is 10.8. The molecule has 0 unspecified atom stereocenters. The number of alkyl halides is 3. The van der Waals surface area contributed by atoms with Gasteiger partial charge >= 0.3 is 12.1 Å². The lowest BCUT2D eigenvalue weighted by Crippen LogP contribution is -2.05. The van der Waals surface area contributed by atoms with Gasteiger partial charge in [-0.1, -0.05) is 23.5 Å². The summed E-state index contributed by atoms with van der Waals surface area (Å²) in [7, 11) is 0. The van der Waals surface area contributed by atoms with E-state index in [2.05, 4.69) is 15.5 Å². The highest BCUT2D eigenvalue weighted by atomic mass is 32.1. The minimum Gasteiger partial charge on any atom is -0.478 e. The summed E-state index contributed by atoms with van der Waals surface area (Å²) in [5.41, 5.74) is 0.936. The van der Waals surface area contributed by atoms with Crippen LogP contribution in [-0.2, 0) is 12.6 Å². The molecule has 2 N–H and O–H groups in total. The van der Waals surface area contributed by atoms with E-state index in [4.69, 9.17) is 5.11 Å². The zero-order valence-corrected chi connectivity index (χ0v) is 11.3. The molecule has 0 bridgehead atoms. The third-order valence-corrected chi connectivity index (χ3v) is 3.46. The average molecular weight is 317 g/mol. The van der Waals surface area contributed by atoms with E-state index >= 15 is 0 Å². The largest absolute Gasteiger partial charge is 0.478 e. The summed E-state index contributed by atoms with van der Waals surface area (Å²) in [5, 5.41) is 17.1. The van der Waals surface area contributed by atoms with Crippen molar-refractivity contribution in [1.82, 2.24) is 10.2 Å². The molecular weight excluding hydrogens is 307 g/mol. The molecule has 0 amide bonds. The highest BCUT2D eigenvalue weighted by Crippen LogP contribution is 2.32. The topological polar surface area (TPSA) is 75.1 Å². The number of anilines is 1. The van der Waals surface area contributed by atoms with Crippen LogP contribution in [-0.4, -0.2) is 27.8 Å². The van der Waals surface area contributed by atoms with Crippen LogP contribution in [0.15, 0.2) is 24.3 Å². The lowest BCUT2D eigenvalue weighted by Gasteiger charge is -2.03. The Morgan fingerprint density at radius 3 is 2.71 bits per heavy atom. The Hall–Kier alpha value is -2.16. The van der Waals surface area contributed by atoms with Crippen molar-refractivity contribution in [3.05, 3.63) is 40.4 Å². The van der Waals surface area contributed by atoms with E-state index in [0.717, 1.165) is 5.56 Å². The number of rotatable bonds is 5. The second kappa shape index (κ2) is 6.08. The molecule has 0 atom stereocenters. The average Bonchev–Trinajstić information content (AvgIpc) is 2.88. The fourth-order valence-electron chi connectivity index (χ4n) is 1.58. The van der Waals surface area contributed by atoms with E-state index in [9.17, 15) is 18.0 Å². The zero-order valence-electron chi connectivity index (χ0n) is 10.5. The molecule has 5 nitrogen and oxygen atoms in total. The number of carboxylic acids is 1. The van der Waals surface area contributed by atoms with Crippen LogP contribution in [0.25, 0.3) is 0 Å². The van der Waals surface area contributed by atoms with E-state index in [-0.39, 0.29) is 10.7 Å². The monoisotopic (exact) mass is 317 g/mol. The normalized spacial score (nSPS) is 11.4. The fourth-order valence-corrected chi connectivity index (χ4v) is 2.22. The number of carbonyl (C=O) groups is 1.